The number of aliphatic carboxylic acids is 1. The third-order valence-electron chi connectivity index (χ3n) is 5.37. The number of imidazole rings is 1. The molecule has 0 aliphatic heterocycles. The lowest BCUT2D eigenvalue weighted by Crippen LogP contribution is -2.23. The molecule has 0 amide bonds. The van der Waals surface area contributed by atoms with Gasteiger partial charge in [0.25, 0.3) is 0 Å². The summed E-state index contributed by atoms with van der Waals surface area (Å²) < 4.78 is 45.6. The van der Waals surface area contributed by atoms with Crippen molar-refractivity contribution in [1.29, 1.82) is 0 Å². The van der Waals surface area contributed by atoms with Crippen molar-refractivity contribution in [2.24, 2.45) is 5.92 Å². The predicted octanol–water partition coefficient (Wildman–Crippen LogP) is 5.17. The summed E-state index contributed by atoms with van der Waals surface area (Å²) in [6, 6.07) is 11.3. The number of hydrogen-bond donors (Lipinski definition) is 1. The molecule has 0 saturated heterocycles. The van der Waals surface area contributed by atoms with Gasteiger partial charge in [-0.15, -0.1) is 0 Å². The minimum atomic E-state index is -4.47. The fraction of sp³-hybridized carbons (Fsp3) is 0.320. The van der Waals surface area contributed by atoms with E-state index < -0.39 is 29.6 Å². The van der Waals surface area contributed by atoms with Gasteiger partial charge in [-0.05, 0) is 56.0 Å². The first kappa shape index (κ1) is 25.0. The molecule has 0 aliphatic carbocycles. The molecule has 0 radical (unpaired) electrons. The molecule has 0 saturated carbocycles. The van der Waals surface area contributed by atoms with Crippen LogP contribution in [0.4, 0.5) is 13.2 Å². The number of aryl methyl sites for hydroxylation is 1. The first-order valence-electron chi connectivity index (χ1n) is 10.7. The molecule has 0 aliphatic rings. The van der Waals surface area contributed by atoms with Crippen LogP contribution in [0.3, 0.4) is 0 Å². The standard InChI is InChI=1S/C25H25F3N2O4/c1-15(11-18-5-4-6-21(12-18)34-17(3)24(32)33)14-30-16(2)13-29-23(30)22(31)19-7-9-20(10-8-19)25(26,27)28/h4-10,12-13,15,17H,11,14H2,1-3H3,(H,32,33)/t15?,17-/m0/s1. The van der Waals surface area contributed by atoms with E-state index in [1.54, 1.807) is 29.0 Å². The highest BCUT2D eigenvalue weighted by Crippen LogP contribution is 2.29. The minimum absolute atomic E-state index is 0.0687. The van der Waals surface area contributed by atoms with Crippen molar-refractivity contribution in [2.45, 2.75) is 46.0 Å². The van der Waals surface area contributed by atoms with E-state index in [1.165, 1.54) is 6.92 Å². The van der Waals surface area contributed by atoms with Crippen molar-refractivity contribution in [2.75, 3.05) is 0 Å². The van der Waals surface area contributed by atoms with Gasteiger partial charge in [-0.2, -0.15) is 13.2 Å². The summed E-state index contributed by atoms with van der Waals surface area (Å²) in [6.07, 6.45) is -3.25. The van der Waals surface area contributed by atoms with E-state index in [0.717, 1.165) is 35.5 Å². The van der Waals surface area contributed by atoms with E-state index in [9.17, 15) is 22.8 Å². The van der Waals surface area contributed by atoms with E-state index in [0.29, 0.717) is 18.7 Å². The van der Waals surface area contributed by atoms with Crippen LogP contribution in [0, 0.1) is 12.8 Å². The molecular weight excluding hydrogens is 449 g/mol. The third-order valence-corrected chi connectivity index (χ3v) is 5.37. The van der Waals surface area contributed by atoms with Gasteiger partial charge in [0.15, 0.2) is 11.9 Å². The number of carbonyl (C=O) groups is 2. The number of aromatic nitrogens is 2. The number of carbonyl (C=O) groups excluding carboxylic acids is 1. The molecule has 34 heavy (non-hydrogen) atoms. The van der Waals surface area contributed by atoms with Gasteiger partial charge in [0.1, 0.15) is 5.75 Å². The smallest absolute Gasteiger partial charge is 0.416 e. The lowest BCUT2D eigenvalue weighted by molar-refractivity contribution is -0.144. The zero-order valence-corrected chi connectivity index (χ0v) is 19.0. The normalized spacial score (nSPS) is 13.4. The van der Waals surface area contributed by atoms with Gasteiger partial charge in [0, 0.05) is 24.0 Å². The van der Waals surface area contributed by atoms with Gasteiger partial charge >= 0.3 is 12.1 Å². The van der Waals surface area contributed by atoms with Crippen LogP contribution in [0.15, 0.2) is 54.7 Å². The van der Waals surface area contributed by atoms with Crippen LogP contribution in [-0.2, 0) is 23.9 Å². The fourth-order valence-electron chi connectivity index (χ4n) is 3.59. The average Bonchev–Trinajstić information content (AvgIpc) is 3.12. The fourth-order valence-corrected chi connectivity index (χ4v) is 3.59. The Morgan fingerprint density at radius 3 is 2.41 bits per heavy atom. The van der Waals surface area contributed by atoms with E-state index in [4.69, 9.17) is 9.84 Å². The molecule has 9 heteroatoms. The number of ketones is 1. The quantitative estimate of drug-likeness (QED) is 0.433. The molecule has 0 fully saturated rings. The van der Waals surface area contributed by atoms with Gasteiger partial charge in [-0.1, -0.05) is 31.2 Å². The van der Waals surface area contributed by atoms with Crippen LogP contribution in [-0.4, -0.2) is 32.5 Å². The Morgan fingerprint density at radius 2 is 1.79 bits per heavy atom. The zero-order chi connectivity index (χ0) is 25.0. The predicted molar refractivity (Wildman–Crippen MR) is 119 cm³/mol. The van der Waals surface area contributed by atoms with Crippen molar-refractivity contribution < 1.29 is 32.6 Å². The van der Waals surface area contributed by atoms with Crippen LogP contribution < -0.4 is 4.74 Å². The largest absolute Gasteiger partial charge is 0.479 e. The van der Waals surface area contributed by atoms with E-state index in [-0.39, 0.29) is 17.3 Å². The molecule has 3 aromatic rings. The molecule has 1 unspecified atom stereocenters. The van der Waals surface area contributed by atoms with Crippen LogP contribution >= 0.6 is 0 Å². The second kappa shape index (κ2) is 10.1. The van der Waals surface area contributed by atoms with Crippen molar-refractivity contribution in [1.82, 2.24) is 9.55 Å². The molecule has 1 N–H and O–H groups in total. The highest BCUT2D eigenvalue weighted by atomic mass is 19.4. The van der Waals surface area contributed by atoms with Crippen LogP contribution in [0.2, 0.25) is 0 Å². The Balaban J connectivity index is 1.73. The zero-order valence-electron chi connectivity index (χ0n) is 19.0. The average molecular weight is 474 g/mol. The number of carboxylic acids is 1. The Kier molecular flexibility index (Phi) is 7.44. The highest BCUT2D eigenvalue weighted by molar-refractivity contribution is 6.06. The maximum Gasteiger partial charge on any atom is 0.416 e. The Hall–Kier alpha value is -3.62. The summed E-state index contributed by atoms with van der Waals surface area (Å²) in [4.78, 5) is 28.2. The van der Waals surface area contributed by atoms with Crippen molar-refractivity contribution in [3.05, 3.63) is 82.9 Å². The van der Waals surface area contributed by atoms with Crippen molar-refractivity contribution >= 4 is 11.8 Å². The van der Waals surface area contributed by atoms with Gasteiger partial charge in [0.2, 0.25) is 5.78 Å². The molecule has 1 aromatic heterocycles. The number of nitrogens with zero attached hydrogens (tertiary/aromatic N) is 2. The number of rotatable bonds is 9. The number of halogens is 3. The van der Waals surface area contributed by atoms with E-state index in [1.807, 2.05) is 19.9 Å². The van der Waals surface area contributed by atoms with Gasteiger partial charge in [0.05, 0.1) is 5.56 Å². The Labute approximate surface area is 195 Å². The van der Waals surface area contributed by atoms with Gasteiger partial charge in [-0.3, -0.25) is 4.79 Å². The second-order valence-corrected chi connectivity index (χ2v) is 8.29. The minimum Gasteiger partial charge on any atom is -0.479 e. The summed E-state index contributed by atoms with van der Waals surface area (Å²) in [6.45, 7) is 5.73. The number of carboxylic acid groups (broad SMARTS) is 1. The third kappa shape index (κ3) is 6.03. The molecule has 2 atom stereocenters. The number of ether oxygens (including phenoxy) is 1. The first-order valence-corrected chi connectivity index (χ1v) is 10.7. The summed E-state index contributed by atoms with van der Waals surface area (Å²) in [7, 11) is 0. The maximum absolute atomic E-state index is 13.0. The topological polar surface area (TPSA) is 81.4 Å². The van der Waals surface area contributed by atoms with E-state index in [2.05, 4.69) is 4.98 Å². The molecule has 2 aromatic carbocycles. The first-order chi connectivity index (χ1) is 16.0. The van der Waals surface area contributed by atoms with Crippen LogP contribution in [0.25, 0.3) is 0 Å². The van der Waals surface area contributed by atoms with Crippen LogP contribution in [0.5, 0.6) is 5.75 Å². The summed E-state index contributed by atoms with van der Waals surface area (Å²) in [5.74, 6) is -0.820. The van der Waals surface area contributed by atoms with Crippen molar-refractivity contribution in [3.8, 4) is 5.75 Å². The molecule has 3 rings (SSSR count). The van der Waals surface area contributed by atoms with Crippen molar-refractivity contribution in [3.63, 3.8) is 0 Å². The van der Waals surface area contributed by atoms with Crippen LogP contribution in [0.1, 0.15) is 46.9 Å². The van der Waals surface area contributed by atoms with Gasteiger partial charge in [-0.25, -0.2) is 9.78 Å². The maximum atomic E-state index is 13.0. The number of alkyl halides is 3. The molecule has 0 spiro atoms. The molecule has 6 nitrogen and oxygen atoms in total. The van der Waals surface area contributed by atoms with E-state index >= 15 is 0 Å². The molecule has 1 heterocycles. The summed E-state index contributed by atoms with van der Waals surface area (Å²) in [5.41, 5.74) is 1.01. The van der Waals surface area contributed by atoms with Gasteiger partial charge < -0.3 is 14.4 Å². The molecule has 180 valence electrons. The number of benzene rings is 2. The number of hydrogen-bond acceptors (Lipinski definition) is 4. The molecular formula is C25H25F3N2O4. The second-order valence-electron chi connectivity index (χ2n) is 8.29. The summed E-state index contributed by atoms with van der Waals surface area (Å²) >= 11 is 0. The summed E-state index contributed by atoms with van der Waals surface area (Å²) in [5, 5.41) is 9.02. The molecule has 0 bridgehead atoms. The monoisotopic (exact) mass is 474 g/mol. The SMILES string of the molecule is Cc1cnc(C(=O)c2ccc(C(F)(F)F)cc2)n1CC(C)Cc1cccc(O[C@@H](C)C(=O)O)c1. The Morgan fingerprint density at radius 1 is 1.12 bits per heavy atom. The highest BCUT2D eigenvalue weighted by Gasteiger charge is 2.30. The lowest BCUT2D eigenvalue weighted by atomic mass is 10.0. The Bertz CT molecular complexity index is 1170. The lowest BCUT2D eigenvalue weighted by Gasteiger charge is -2.17.